The summed E-state index contributed by atoms with van der Waals surface area (Å²) in [5.74, 6) is 1.09. The van der Waals surface area contributed by atoms with E-state index < -0.39 is 18.5 Å². The lowest BCUT2D eigenvalue weighted by atomic mass is 10.3. The molecule has 0 aromatic carbocycles. The highest BCUT2D eigenvalue weighted by Crippen LogP contribution is 2.08. The number of carboxylic acid groups (broad SMARTS) is 1. The van der Waals surface area contributed by atoms with E-state index in [1.807, 2.05) is 0 Å². The maximum absolute atomic E-state index is 11.7. The minimum absolute atomic E-state index is 0.00420. The second-order valence-corrected chi connectivity index (χ2v) is 4.52. The molecule has 110 valence electrons. The van der Waals surface area contributed by atoms with Crippen LogP contribution < -0.4 is 5.32 Å². The number of nitrogens with one attached hydrogen (secondary N) is 1. The average Bonchev–Trinajstić information content (AvgIpc) is 2.91. The van der Waals surface area contributed by atoms with Gasteiger partial charge in [0, 0.05) is 26.1 Å². The smallest absolute Gasteiger partial charge is 0.323 e. The Labute approximate surface area is 117 Å². The zero-order valence-corrected chi connectivity index (χ0v) is 11.3. The highest BCUT2D eigenvalue weighted by atomic mass is 16.4. The summed E-state index contributed by atoms with van der Waals surface area (Å²) in [4.78, 5) is 36.8. The van der Waals surface area contributed by atoms with Gasteiger partial charge in [0.2, 0.25) is 5.91 Å². The second-order valence-electron chi connectivity index (χ2n) is 4.52. The predicted octanol–water partition coefficient (Wildman–Crippen LogP) is -0.272. The quantitative estimate of drug-likeness (QED) is 0.656. The number of aliphatic carboxylic acids is 1. The molecule has 7 heteroatoms. The fourth-order valence-corrected chi connectivity index (χ4v) is 1.99. The largest absolute Gasteiger partial charge is 0.480 e. The molecule has 0 bridgehead atoms. The van der Waals surface area contributed by atoms with Crippen LogP contribution in [0.2, 0.25) is 0 Å². The third-order valence-electron chi connectivity index (χ3n) is 2.97. The number of carboxylic acids is 1. The zero-order chi connectivity index (χ0) is 15.0. The number of amides is 3. The zero-order valence-electron chi connectivity index (χ0n) is 11.3. The van der Waals surface area contributed by atoms with Crippen molar-refractivity contribution in [2.24, 2.45) is 0 Å². The van der Waals surface area contributed by atoms with E-state index in [9.17, 15) is 14.4 Å². The Morgan fingerprint density at radius 2 is 1.95 bits per heavy atom. The van der Waals surface area contributed by atoms with Gasteiger partial charge in [0.1, 0.15) is 6.54 Å². The second kappa shape index (κ2) is 8.04. The molecule has 20 heavy (non-hydrogen) atoms. The number of likely N-dealkylation sites (tertiary alicyclic amines) is 1. The number of hydrogen-bond donors (Lipinski definition) is 2. The van der Waals surface area contributed by atoms with Crippen LogP contribution in [-0.2, 0) is 9.59 Å². The van der Waals surface area contributed by atoms with Crippen molar-refractivity contribution in [1.82, 2.24) is 15.1 Å². The molecule has 0 radical (unpaired) electrons. The van der Waals surface area contributed by atoms with Gasteiger partial charge in [-0.25, -0.2) is 4.79 Å². The Morgan fingerprint density at radius 3 is 2.50 bits per heavy atom. The molecule has 1 aliphatic rings. The van der Waals surface area contributed by atoms with Gasteiger partial charge in [0.05, 0.1) is 6.54 Å². The summed E-state index contributed by atoms with van der Waals surface area (Å²) in [7, 11) is 0. The Kier molecular flexibility index (Phi) is 6.37. The molecule has 1 aliphatic heterocycles. The van der Waals surface area contributed by atoms with Crippen LogP contribution >= 0.6 is 0 Å². The number of carbonyl (C=O) groups is 3. The van der Waals surface area contributed by atoms with E-state index in [2.05, 4.69) is 11.2 Å². The van der Waals surface area contributed by atoms with Crippen LogP contribution in [0.4, 0.5) is 4.79 Å². The summed E-state index contributed by atoms with van der Waals surface area (Å²) < 4.78 is 0. The lowest BCUT2D eigenvalue weighted by Gasteiger charge is -2.19. The van der Waals surface area contributed by atoms with Crippen LogP contribution in [0.25, 0.3) is 0 Å². The monoisotopic (exact) mass is 281 g/mol. The summed E-state index contributed by atoms with van der Waals surface area (Å²) in [6.07, 6.45) is 7.33. The van der Waals surface area contributed by atoms with Gasteiger partial charge in [-0.3, -0.25) is 9.59 Å². The van der Waals surface area contributed by atoms with Gasteiger partial charge in [0.25, 0.3) is 0 Å². The molecule has 3 amide bonds. The van der Waals surface area contributed by atoms with Crippen molar-refractivity contribution in [1.29, 1.82) is 0 Å². The first kappa shape index (κ1) is 15.8. The summed E-state index contributed by atoms with van der Waals surface area (Å²) in [6.45, 7) is 1.17. The van der Waals surface area contributed by atoms with Crippen molar-refractivity contribution in [3.63, 3.8) is 0 Å². The van der Waals surface area contributed by atoms with E-state index >= 15 is 0 Å². The van der Waals surface area contributed by atoms with E-state index in [0.717, 1.165) is 30.8 Å². The SMILES string of the molecule is C#CCN(CC(=O)O)C(=O)NCCC(=O)N1CCCC1. The van der Waals surface area contributed by atoms with Crippen LogP contribution in [0.1, 0.15) is 19.3 Å². The molecule has 2 N–H and O–H groups in total. The lowest BCUT2D eigenvalue weighted by Crippen LogP contribution is -2.44. The Morgan fingerprint density at radius 1 is 1.30 bits per heavy atom. The third kappa shape index (κ3) is 5.18. The third-order valence-corrected chi connectivity index (χ3v) is 2.97. The molecule has 0 saturated carbocycles. The van der Waals surface area contributed by atoms with Gasteiger partial charge in [-0.1, -0.05) is 5.92 Å². The summed E-state index contributed by atoms with van der Waals surface area (Å²) in [5.41, 5.74) is 0. The summed E-state index contributed by atoms with van der Waals surface area (Å²) in [6, 6.07) is -0.570. The minimum atomic E-state index is -1.14. The number of terminal acetylenes is 1. The van der Waals surface area contributed by atoms with Crippen molar-refractivity contribution in [2.75, 3.05) is 32.7 Å². The highest BCUT2D eigenvalue weighted by molar-refractivity contribution is 5.81. The fraction of sp³-hybridized carbons (Fsp3) is 0.615. The maximum atomic E-state index is 11.7. The maximum Gasteiger partial charge on any atom is 0.323 e. The van der Waals surface area contributed by atoms with Crippen molar-refractivity contribution in [2.45, 2.75) is 19.3 Å². The average molecular weight is 281 g/mol. The number of rotatable bonds is 6. The van der Waals surface area contributed by atoms with Gasteiger partial charge >= 0.3 is 12.0 Å². The fourth-order valence-electron chi connectivity index (χ4n) is 1.99. The van der Waals surface area contributed by atoms with Crippen LogP contribution in [0.3, 0.4) is 0 Å². The molecule has 0 aliphatic carbocycles. The van der Waals surface area contributed by atoms with Crippen LogP contribution in [0, 0.1) is 12.3 Å². The number of nitrogens with zero attached hydrogens (tertiary/aromatic N) is 2. The molecule has 0 aromatic heterocycles. The highest BCUT2D eigenvalue weighted by Gasteiger charge is 2.19. The van der Waals surface area contributed by atoms with Gasteiger partial charge < -0.3 is 20.2 Å². The van der Waals surface area contributed by atoms with Crippen molar-refractivity contribution in [3.05, 3.63) is 0 Å². The number of hydrogen-bond acceptors (Lipinski definition) is 3. The normalized spacial score (nSPS) is 13.7. The molecule has 1 heterocycles. The summed E-state index contributed by atoms with van der Waals surface area (Å²) >= 11 is 0. The predicted molar refractivity (Wildman–Crippen MR) is 71.9 cm³/mol. The van der Waals surface area contributed by atoms with Crippen molar-refractivity contribution >= 4 is 17.9 Å². The lowest BCUT2D eigenvalue weighted by molar-refractivity contribution is -0.137. The Balaban J connectivity index is 2.31. The van der Waals surface area contributed by atoms with Gasteiger partial charge in [-0.05, 0) is 12.8 Å². The number of carbonyl (C=O) groups excluding carboxylic acids is 2. The van der Waals surface area contributed by atoms with Crippen LogP contribution in [0.5, 0.6) is 0 Å². The van der Waals surface area contributed by atoms with E-state index in [1.165, 1.54) is 0 Å². The van der Waals surface area contributed by atoms with Gasteiger partial charge in [-0.15, -0.1) is 6.42 Å². The van der Waals surface area contributed by atoms with Crippen molar-refractivity contribution in [3.8, 4) is 12.3 Å². The first-order valence-corrected chi connectivity index (χ1v) is 6.50. The van der Waals surface area contributed by atoms with Gasteiger partial charge in [0.15, 0.2) is 0 Å². The first-order chi connectivity index (χ1) is 9.54. The summed E-state index contributed by atoms with van der Waals surface area (Å²) in [5, 5.41) is 11.2. The molecular weight excluding hydrogens is 262 g/mol. The minimum Gasteiger partial charge on any atom is -0.480 e. The molecule has 0 aromatic rings. The van der Waals surface area contributed by atoms with E-state index in [-0.39, 0.29) is 25.4 Å². The van der Waals surface area contributed by atoms with Crippen LogP contribution in [-0.4, -0.2) is 65.5 Å². The molecule has 1 fully saturated rings. The molecule has 0 spiro atoms. The van der Waals surface area contributed by atoms with E-state index in [1.54, 1.807) is 4.90 Å². The van der Waals surface area contributed by atoms with E-state index in [4.69, 9.17) is 11.5 Å². The Bertz CT molecular complexity index is 410. The standard InChI is InChI=1S/C13H19N3O4/c1-2-7-16(10-12(18)19)13(20)14-6-5-11(17)15-8-3-4-9-15/h1H,3-10H2,(H,14,20)(H,18,19). The number of urea groups is 1. The molecule has 1 rings (SSSR count). The van der Waals surface area contributed by atoms with E-state index in [0.29, 0.717) is 0 Å². The molecule has 7 nitrogen and oxygen atoms in total. The Hall–Kier alpha value is -2.23. The molecule has 0 atom stereocenters. The molecule has 1 saturated heterocycles. The first-order valence-electron chi connectivity index (χ1n) is 6.50. The molecular formula is C13H19N3O4. The molecule has 0 unspecified atom stereocenters. The van der Waals surface area contributed by atoms with Crippen molar-refractivity contribution < 1.29 is 19.5 Å². The van der Waals surface area contributed by atoms with Crippen LogP contribution in [0.15, 0.2) is 0 Å². The topological polar surface area (TPSA) is 90.0 Å². The van der Waals surface area contributed by atoms with Gasteiger partial charge in [-0.2, -0.15) is 0 Å².